The summed E-state index contributed by atoms with van der Waals surface area (Å²) in [4.78, 5) is 15.8. The Labute approximate surface area is 357 Å². The van der Waals surface area contributed by atoms with E-state index in [4.69, 9.17) is 23.8 Å². The first-order valence-corrected chi connectivity index (χ1v) is 20.7. The Morgan fingerprint density at radius 2 is 0.629 bits per heavy atom. The Hall–Kier alpha value is -8.41. The summed E-state index contributed by atoms with van der Waals surface area (Å²) in [6.45, 7) is 0. The number of para-hydroxylation sites is 2. The van der Waals surface area contributed by atoms with Crippen LogP contribution < -0.4 is 0 Å². The predicted molar refractivity (Wildman–Crippen MR) is 252 cm³/mol. The van der Waals surface area contributed by atoms with Crippen LogP contribution in [0.25, 0.3) is 123 Å². The molecule has 0 aliphatic heterocycles. The highest BCUT2D eigenvalue weighted by Crippen LogP contribution is 2.39. The maximum atomic E-state index is 6.39. The molecular formula is C57H35N3O2. The number of fused-ring (bicyclic) bond motifs is 6. The molecule has 290 valence electrons. The van der Waals surface area contributed by atoms with Gasteiger partial charge in [0.1, 0.15) is 22.3 Å². The highest BCUT2D eigenvalue weighted by molar-refractivity contribution is 6.07. The van der Waals surface area contributed by atoms with E-state index in [0.717, 1.165) is 105 Å². The van der Waals surface area contributed by atoms with Gasteiger partial charge in [0.2, 0.25) is 0 Å². The van der Waals surface area contributed by atoms with Crippen molar-refractivity contribution in [1.29, 1.82) is 0 Å². The van der Waals surface area contributed by atoms with Gasteiger partial charge in [-0.25, -0.2) is 15.0 Å². The average Bonchev–Trinajstić information content (AvgIpc) is 3.92. The van der Waals surface area contributed by atoms with Gasteiger partial charge in [0.25, 0.3) is 0 Å². The van der Waals surface area contributed by atoms with Crippen molar-refractivity contribution in [3.63, 3.8) is 0 Å². The molecule has 12 aromatic rings. The van der Waals surface area contributed by atoms with Crippen LogP contribution >= 0.6 is 0 Å². The Balaban J connectivity index is 1.07. The summed E-state index contributed by atoms with van der Waals surface area (Å²) in [6.07, 6.45) is 0. The van der Waals surface area contributed by atoms with E-state index in [-0.39, 0.29) is 0 Å². The Kier molecular flexibility index (Phi) is 8.42. The number of rotatable bonds is 7. The molecular weight excluding hydrogens is 759 g/mol. The molecule has 0 aliphatic rings. The summed E-state index contributed by atoms with van der Waals surface area (Å²) < 4.78 is 12.8. The van der Waals surface area contributed by atoms with Gasteiger partial charge >= 0.3 is 0 Å². The van der Waals surface area contributed by atoms with Crippen molar-refractivity contribution in [1.82, 2.24) is 15.0 Å². The molecule has 5 heteroatoms. The van der Waals surface area contributed by atoms with E-state index in [0.29, 0.717) is 17.5 Å². The monoisotopic (exact) mass is 793 g/mol. The van der Waals surface area contributed by atoms with Gasteiger partial charge in [-0.2, -0.15) is 0 Å². The Bertz CT molecular complexity index is 3490. The van der Waals surface area contributed by atoms with Crippen LogP contribution in [0, 0.1) is 0 Å². The summed E-state index contributed by atoms with van der Waals surface area (Å²) in [6, 6.07) is 73.4. The third kappa shape index (κ3) is 6.32. The highest BCUT2D eigenvalue weighted by Gasteiger charge is 2.19. The molecule has 5 nitrogen and oxygen atoms in total. The largest absolute Gasteiger partial charge is 0.456 e. The lowest BCUT2D eigenvalue weighted by Crippen LogP contribution is -2.01. The van der Waals surface area contributed by atoms with E-state index in [9.17, 15) is 0 Å². The quantitative estimate of drug-likeness (QED) is 0.161. The number of hydrogen-bond acceptors (Lipinski definition) is 5. The number of hydrogen-bond donors (Lipinski definition) is 0. The maximum Gasteiger partial charge on any atom is 0.164 e. The minimum Gasteiger partial charge on any atom is -0.456 e. The molecule has 0 unspecified atom stereocenters. The van der Waals surface area contributed by atoms with Crippen molar-refractivity contribution in [3.05, 3.63) is 212 Å². The third-order valence-electron chi connectivity index (χ3n) is 11.8. The van der Waals surface area contributed by atoms with Crippen LogP contribution in [-0.2, 0) is 0 Å². The summed E-state index contributed by atoms with van der Waals surface area (Å²) in [5.74, 6) is 1.75. The molecule has 12 rings (SSSR count). The number of benzene rings is 9. The van der Waals surface area contributed by atoms with Gasteiger partial charge < -0.3 is 8.83 Å². The van der Waals surface area contributed by atoms with E-state index in [1.807, 2.05) is 54.6 Å². The SMILES string of the molecule is c1ccc(-c2ccc(-c3nc(-c4cc(-c5ccc6c(c5)oc5ccccc56)cc(-c5ccc6c(c5)oc5ccccc56)c4)nc(-c4ccccc4-c4ccccc4)n3)cc2)cc1. The summed E-state index contributed by atoms with van der Waals surface area (Å²) in [7, 11) is 0. The van der Waals surface area contributed by atoms with Crippen LogP contribution in [0.4, 0.5) is 0 Å². The normalized spacial score (nSPS) is 11.5. The minimum atomic E-state index is 0.567. The van der Waals surface area contributed by atoms with Crippen LogP contribution in [0.3, 0.4) is 0 Å². The second kappa shape index (κ2) is 14.7. The highest BCUT2D eigenvalue weighted by atomic mass is 16.3. The molecule has 3 aromatic heterocycles. The third-order valence-corrected chi connectivity index (χ3v) is 11.8. The van der Waals surface area contributed by atoms with Gasteiger partial charge in [0.05, 0.1) is 0 Å². The predicted octanol–water partition coefficient (Wildman–Crippen LogP) is 15.3. The fourth-order valence-corrected chi connectivity index (χ4v) is 8.65. The molecule has 0 bridgehead atoms. The zero-order chi connectivity index (χ0) is 41.0. The maximum absolute atomic E-state index is 6.39. The lowest BCUT2D eigenvalue weighted by molar-refractivity contribution is 0.668. The van der Waals surface area contributed by atoms with Crippen LogP contribution in [-0.4, -0.2) is 15.0 Å². The second-order valence-corrected chi connectivity index (χ2v) is 15.6. The smallest absolute Gasteiger partial charge is 0.164 e. The van der Waals surface area contributed by atoms with Gasteiger partial charge in [0, 0.05) is 38.2 Å². The lowest BCUT2D eigenvalue weighted by atomic mass is 9.94. The van der Waals surface area contributed by atoms with Crippen molar-refractivity contribution in [2.45, 2.75) is 0 Å². The molecule has 62 heavy (non-hydrogen) atoms. The fraction of sp³-hybridized carbons (Fsp3) is 0. The molecule has 0 N–H and O–H groups in total. The van der Waals surface area contributed by atoms with Crippen molar-refractivity contribution in [3.8, 4) is 78.7 Å². The first-order valence-electron chi connectivity index (χ1n) is 20.7. The van der Waals surface area contributed by atoms with Crippen LogP contribution in [0.5, 0.6) is 0 Å². The van der Waals surface area contributed by atoms with Crippen molar-refractivity contribution in [2.75, 3.05) is 0 Å². The van der Waals surface area contributed by atoms with E-state index in [1.165, 1.54) is 0 Å². The van der Waals surface area contributed by atoms with E-state index in [1.54, 1.807) is 0 Å². The Morgan fingerprint density at radius 1 is 0.226 bits per heavy atom. The first-order chi connectivity index (χ1) is 30.7. The van der Waals surface area contributed by atoms with Gasteiger partial charge in [-0.05, 0) is 99.1 Å². The van der Waals surface area contributed by atoms with Gasteiger partial charge in [-0.15, -0.1) is 0 Å². The molecule has 0 spiro atoms. The molecule has 0 aliphatic carbocycles. The van der Waals surface area contributed by atoms with Crippen LogP contribution in [0.2, 0.25) is 0 Å². The fourth-order valence-electron chi connectivity index (χ4n) is 8.65. The van der Waals surface area contributed by atoms with Crippen molar-refractivity contribution >= 4 is 43.9 Å². The van der Waals surface area contributed by atoms with Gasteiger partial charge in [-0.3, -0.25) is 0 Å². The molecule has 0 fully saturated rings. The minimum absolute atomic E-state index is 0.567. The van der Waals surface area contributed by atoms with E-state index in [2.05, 4.69) is 158 Å². The summed E-state index contributed by atoms with van der Waals surface area (Å²) in [5, 5.41) is 4.36. The van der Waals surface area contributed by atoms with Crippen LogP contribution in [0.15, 0.2) is 221 Å². The van der Waals surface area contributed by atoms with E-state index >= 15 is 0 Å². The van der Waals surface area contributed by atoms with Gasteiger partial charge in [0.15, 0.2) is 17.5 Å². The average molecular weight is 794 g/mol. The zero-order valence-corrected chi connectivity index (χ0v) is 33.4. The number of nitrogens with zero attached hydrogens (tertiary/aromatic N) is 3. The second-order valence-electron chi connectivity index (χ2n) is 15.6. The zero-order valence-electron chi connectivity index (χ0n) is 33.4. The summed E-state index contributed by atoms with van der Waals surface area (Å²) >= 11 is 0. The van der Waals surface area contributed by atoms with Crippen LogP contribution in [0.1, 0.15) is 0 Å². The molecule has 0 amide bonds. The van der Waals surface area contributed by atoms with E-state index < -0.39 is 0 Å². The molecule has 3 heterocycles. The standard InChI is InChI=1S/C57H35N3O2/c1-3-13-36(14-4-1)37-23-25-39(26-24-37)55-58-56(60-57(59-55)50-20-8-7-17-45(50)38-15-5-2-6-16-38)44-32-42(40-27-29-48-46-18-9-11-21-51(46)61-53(48)34-40)31-43(33-44)41-28-30-49-47-19-10-12-22-52(47)62-54(49)35-41/h1-35H. The summed E-state index contributed by atoms with van der Waals surface area (Å²) in [5.41, 5.74) is 14.5. The van der Waals surface area contributed by atoms with Crippen molar-refractivity contribution < 1.29 is 8.83 Å². The molecule has 0 radical (unpaired) electrons. The first kappa shape index (κ1) is 35.5. The topological polar surface area (TPSA) is 65.0 Å². The number of furan rings is 2. The lowest BCUT2D eigenvalue weighted by Gasteiger charge is -2.14. The van der Waals surface area contributed by atoms with Crippen molar-refractivity contribution in [2.24, 2.45) is 0 Å². The molecule has 0 saturated carbocycles. The molecule has 9 aromatic carbocycles. The van der Waals surface area contributed by atoms with Gasteiger partial charge in [-0.1, -0.05) is 158 Å². The Morgan fingerprint density at radius 3 is 1.23 bits per heavy atom. The molecule has 0 atom stereocenters. The molecule has 0 saturated heterocycles. The number of aromatic nitrogens is 3.